The Morgan fingerprint density at radius 2 is 2.07 bits per heavy atom. The Morgan fingerprint density at radius 3 is 3.07 bits per heavy atom. The Bertz CT molecular complexity index is 459. The van der Waals surface area contributed by atoms with Crippen LogP contribution in [0.5, 0.6) is 0 Å². The summed E-state index contributed by atoms with van der Waals surface area (Å²) in [6, 6.07) is 0. The van der Waals surface area contributed by atoms with Crippen LogP contribution in [-0.2, 0) is 12.8 Å². The second-order valence-corrected chi connectivity index (χ2v) is 3.93. The van der Waals surface area contributed by atoms with E-state index in [1.165, 1.54) is 48.7 Å². The molecule has 0 saturated carbocycles. The molecule has 0 aliphatic heterocycles. The highest BCUT2D eigenvalue weighted by molar-refractivity contribution is 5.80. The Kier molecular flexibility index (Phi) is 1.76. The number of aromatic nitrogens is 3. The predicted octanol–water partition coefficient (Wildman–Crippen LogP) is 2.23. The van der Waals surface area contributed by atoms with Crippen LogP contribution >= 0.6 is 0 Å². The van der Waals surface area contributed by atoms with Gasteiger partial charge in [-0.3, -0.25) is 0 Å². The minimum atomic E-state index is 1.01. The third-order valence-electron chi connectivity index (χ3n) is 3.02. The van der Waals surface area contributed by atoms with E-state index in [2.05, 4.69) is 15.0 Å². The van der Waals surface area contributed by atoms with Crippen molar-refractivity contribution < 1.29 is 0 Å². The van der Waals surface area contributed by atoms with Crippen molar-refractivity contribution in [3.05, 3.63) is 23.8 Å². The highest BCUT2D eigenvalue weighted by Crippen LogP contribution is 2.26. The van der Waals surface area contributed by atoms with Gasteiger partial charge in [-0.15, -0.1) is 0 Å². The van der Waals surface area contributed by atoms with Crippen LogP contribution in [0, 0.1) is 0 Å². The van der Waals surface area contributed by atoms with Crippen molar-refractivity contribution in [2.45, 2.75) is 32.1 Å². The van der Waals surface area contributed by atoms with E-state index in [1.807, 2.05) is 6.20 Å². The molecule has 0 unspecified atom stereocenters. The van der Waals surface area contributed by atoms with Gasteiger partial charge in [0.1, 0.15) is 12.0 Å². The zero-order valence-electron chi connectivity index (χ0n) is 8.08. The summed E-state index contributed by atoms with van der Waals surface area (Å²) in [7, 11) is 0. The topological polar surface area (TPSA) is 41.6 Å². The van der Waals surface area contributed by atoms with E-state index in [-0.39, 0.29) is 0 Å². The minimum Gasteiger partial charge on any atom is -0.343 e. The molecule has 2 heterocycles. The molecule has 1 N–H and O–H groups in total. The van der Waals surface area contributed by atoms with E-state index < -0.39 is 0 Å². The molecular formula is C11H13N3. The van der Waals surface area contributed by atoms with E-state index in [4.69, 9.17) is 0 Å². The van der Waals surface area contributed by atoms with Gasteiger partial charge in [-0.1, -0.05) is 6.42 Å². The lowest BCUT2D eigenvalue weighted by molar-refractivity contribution is 0.708. The first kappa shape index (κ1) is 7.97. The fraction of sp³-hybridized carbons (Fsp3) is 0.455. The standard InChI is InChI=1S/C11H13N3/c1-2-4-8-9-6-12-7-13-11(9)14-10(8)5-3-1/h6-7H,1-5H2,(H,12,13,14). The third kappa shape index (κ3) is 1.12. The summed E-state index contributed by atoms with van der Waals surface area (Å²) in [5.74, 6) is 0. The van der Waals surface area contributed by atoms with Crippen molar-refractivity contribution in [2.24, 2.45) is 0 Å². The van der Waals surface area contributed by atoms with Gasteiger partial charge in [0.25, 0.3) is 0 Å². The van der Waals surface area contributed by atoms with E-state index >= 15 is 0 Å². The SMILES string of the molecule is c1ncc2c3c([nH]c2n1)CCCCC3. The Morgan fingerprint density at radius 1 is 1.14 bits per heavy atom. The molecule has 0 amide bonds. The molecule has 0 bridgehead atoms. The molecule has 0 fully saturated rings. The summed E-state index contributed by atoms with van der Waals surface area (Å²) >= 11 is 0. The fourth-order valence-electron chi connectivity index (χ4n) is 2.31. The smallest absolute Gasteiger partial charge is 0.141 e. The molecule has 2 aromatic heterocycles. The molecule has 72 valence electrons. The van der Waals surface area contributed by atoms with Crippen LogP contribution in [0.15, 0.2) is 12.5 Å². The summed E-state index contributed by atoms with van der Waals surface area (Å²) in [5.41, 5.74) is 3.85. The van der Waals surface area contributed by atoms with Gasteiger partial charge in [0.15, 0.2) is 0 Å². The molecular weight excluding hydrogens is 174 g/mol. The van der Waals surface area contributed by atoms with Gasteiger partial charge >= 0.3 is 0 Å². The lowest BCUT2D eigenvalue weighted by Gasteiger charge is -1.95. The molecule has 3 nitrogen and oxygen atoms in total. The Labute approximate surface area is 82.6 Å². The zero-order chi connectivity index (χ0) is 9.38. The van der Waals surface area contributed by atoms with E-state index in [0.29, 0.717) is 0 Å². The number of rotatable bonds is 0. The van der Waals surface area contributed by atoms with Gasteiger partial charge in [-0.25, -0.2) is 9.97 Å². The first-order valence-electron chi connectivity index (χ1n) is 5.24. The second kappa shape index (κ2) is 3.08. The Balaban J connectivity index is 2.24. The van der Waals surface area contributed by atoms with Gasteiger partial charge in [0.2, 0.25) is 0 Å². The summed E-state index contributed by atoms with van der Waals surface area (Å²) in [6.07, 6.45) is 9.84. The van der Waals surface area contributed by atoms with E-state index in [0.717, 1.165) is 5.65 Å². The van der Waals surface area contributed by atoms with E-state index in [9.17, 15) is 0 Å². The summed E-state index contributed by atoms with van der Waals surface area (Å²) in [4.78, 5) is 11.7. The lowest BCUT2D eigenvalue weighted by Crippen LogP contribution is -1.86. The van der Waals surface area contributed by atoms with Crippen LogP contribution in [-0.4, -0.2) is 15.0 Å². The number of hydrogen-bond acceptors (Lipinski definition) is 2. The van der Waals surface area contributed by atoms with Gasteiger partial charge in [-0.2, -0.15) is 0 Å². The second-order valence-electron chi connectivity index (χ2n) is 3.93. The zero-order valence-corrected chi connectivity index (χ0v) is 8.08. The molecule has 0 atom stereocenters. The van der Waals surface area contributed by atoms with Crippen molar-refractivity contribution in [1.29, 1.82) is 0 Å². The average Bonchev–Trinajstić information content (AvgIpc) is 2.42. The number of aromatic amines is 1. The Hall–Kier alpha value is -1.38. The number of fused-ring (bicyclic) bond motifs is 3. The van der Waals surface area contributed by atoms with Crippen molar-refractivity contribution in [1.82, 2.24) is 15.0 Å². The minimum absolute atomic E-state index is 1.01. The molecule has 1 aliphatic rings. The van der Waals surface area contributed by atoms with Gasteiger partial charge in [0, 0.05) is 17.3 Å². The van der Waals surface area contributed by atoms with Crippen LogP contribution in [0.4, 0.5) is 0 Å². The quantitative estimate of drug-likeness (QED) is 0.642. The van der Waals surface area contributed by atoms with Gasteiger partial charge < -0.3 is 4.98 Å². The molecule has 0 spiro atoms. The lowest BCUT2D eigenvalue weighted by atomic mass is 10.1. The summed E-state index contributed by atoms with van der Waals surface area (Å²) in [6.45, 7) is 0. The fourth-order valence-corrected chi connectivity index (χ4v) is 2.31. The first-order chi connectivity index (χ1) is 6.95. The van der Waals surface area contributed by atoms with Crippen molar-refractivity contribution in [3.63, 3.8) is 0 Å². The predicted molar refractivity (Wildman–Crippen MR) is 55.1 cm³/mol. The maximum absolute atomic E-state index is 4.25. The van der Waals surface area contributed by atoms with E-state index in [1.54, 1.807) is 6.33 Å². The maximum atomic E-state index is 4.25. The van der Waals surface area contributed by atoms with Crippen molar-refractivity contribution in [2.75, 3.05) is 0 Å². The molecule has 1 aliphatic carbocycles. The number of aryl methyl sites for hydroxylation is 2. The molecule has 0 aromatic carbocycles. The molecule has 3 rings (SSSR count). The van der Waals surface area contributed by atoms with Crippen LogP contribution in [0.25, 0.3) is 11.0 Å². The van der Waals surface area contributed by atoms with Crippen molar-refractivity contribution >= 4 is 11.0 Å². The van der Waals surface area contributed by atoms with Crippen LogP contribution in [0.1, 0.15) is 30.5 Å². The van der Waals surface area contributed by atoms with Gasteiger partial charge in [-0.05, 0) is 31.2 Å². The first-order valence-corrected chi connectivity index (χ1v) is 5.24. The molecule has 0 saturated heterocycles. The van der Waals surface area contributed by atoms with Gasteiger partial charge in [0.05, 0.1) is 0 Å². The number of nitrogens with one attached hydrogen (secondary N) is 1. The molecule has 14 heavy (non-hydrogen) atoms. The summed E-state index contributed by atoms with van der Waals surface area (Å²) < 4.78 is 0. The highest BCUT2D eigenvalue weighted by atomic mass is 14.9. The maximum Gasteiger partial charge on any atom is 0.141 e. The van der Waals surface area contributed by atoms with Crippen LogP contribution in [0.3, 0.4) is 0 Å². The highest BCUT2D eigenvalue weighted by Gasteiger charge is 2.14. The van der Waals surface area contributed by atoms with Crippen LogP contribution in [0.2, 0.25) is 0 Å². The normalized spacial score (nSPS) is 16.6. The average molecular weight is 187 g/mol. The number of hydrogen-bond donors (Lipinski definition) is 1. The number of nitrogens with zero attached hydrogens (tertiary/aromatic N) is 2. The molecule has 2 aromatic rings. The molecule has 3 heteroatoms. The van der Waals surface area contributed by atoms with Crippen LogP contribution < -0.4 is 0 Å². The molecule has 0 radical (unpaired) electrons. The monoisotopic (exact) mass is 187 g/mol. The summed E-state index contributed by atoms with van der Waals surface area (Å²) in [5, 5.41) is 1.23. The largest absolute Gasteiger partial charge is 0.343 e. The number of H-pyrrole nitrogens is 1. The third-order valence-corrected chi connectivity index (χ3v) is 3.02. The van der Waals surface area contributed by atoms with Crippen molar-refractivity contribution in [3.8, 4) is 0 Å².